The Morgan fingerprint density at radius 3 is 2.86 bits per heavy atom. The van der Waals surface area contributed by atoms with Gasteiger partial charge in [-0.1, -0.05) is 17.8 Å². The van der Waals surface area contributed by atoms with Crippen molar-refractivity contribution in [2.24, 2.45) is 5.92 Å². The molecule has 0 atom stereocenters. The molecule has 1 amide bonds. The maximum atomic E-state index is 12.3. The smallest absolute Gasteiger partial charge is 0.306 e. The van der Waals surface area contributed by atoms with E-state index in [1.807, 2.05) is 35.1 Å². The molecule has 1 aliphatic carbocycles. The van der Waals surface area contributed by atoms with Gasteiger partial charge in [-0.25, -0.2) is 4.98 Å². The van der Waals surface area contributed by atoms with E-state index in [4.69, 9.17) is 5.11 Å². The Balaban J connectivity index is 1.78. The molecule has 0 aromatic carbocycles. The number of rotatable bonds is 4. The molecule has 1 fully saturated rings. The van der Waals surface area contributed by atoms with Crippen LogP contribution in [0.1, 0.15) is 23.3 Å². The number of amides is 1. The van der Waals surface area contributed by atoms with Gasteiger partial charge in [0.1, 0.15) is 0 Å². The van der Waals surface area contributed by atoms with Crippen molar-refractivity contribution < 1.29 is 14.7 Å². The molecule has 1 saturated carbocycles. The van der Waals surface area contributed by atoms with Crippen LogP contribution in [-0.4, -0.2) is 38.7 Å². The van der Waals surface area contributed by atoms with Gasteiger partial charge < -0.3 is 10.4 Å². The molecule has 7 heteroatoms. The van der Waals surface area contributed by atoms with E-state index in [9.17, 15) is 9.59 Å². The number of carbonyl (C=O) groups excluding carboxylic acids is 1. The van der Waals surface area contributed by atoms with Gasteiger partial charge in [-0.2, -0.15) is 0 Å². The van der Waals surface area contributed by atoms with E-state index in [1.165, 1.54) is 11.8 Å². The largest absolute Gasteiger partial charge is 0.481 e. The average Bonchev–Trinajstić information content (AvgIpc) is 2.80. The predicted octanol–water partition coefficient (Wildman–Crippen LogP) is 1.65. The summed E-state index contributed by atoms with van der Waals surface area (Å²) in [7, 11) is 0. The molecule has 2 aromatic rings. The first-order chi connectivity index (χ1) is 10.1. The van der Waals surface area contributed by atoms with Crippen molar-refractivity contribution in [3.8, 4) is 0 Å². The molecular formula is C14H15N3O3S. The fourth-order valence-electron chi connectivity index (χ4n) is 2.51. The van der Waals surface area contributed by atoms with Crippen molar-refractivity contribution in [3.63, 3.8) is 0 Å². The number of imidazole rings is 1. The minimum Gasteiger partial charge on any atom is -0.481 e. The number of carboxylic acids is 1. The SMILES string of the molecule is CSc1nc(C(=O)NC2CC(C(=O)O)C2)c2ccccn12. The number of aromatic nitrogens is 2. The zero-order valence-corrected chi connectivity index (χ0v) is 12.3. The van der Waals surface area contributed by atoms with Gasteiger partial charge >= 0.3 is 5.97 Å². The summed E-state index contributed by atoms with van der Waals surface area (Å²) in [5.41, 5.74) is 1.15. The number of pyridine rings is 1. The van der Waals surface area contributed by atoms with Crippen LogP contribution in [0.25, 0.3) is 5.52 Å². The molecule has 0 aliphatic heterocycles. The summed E-state index contributed by atoms with van der Waals surface area (Å²) in [4.78, 5) is 27.5. The van der Waals surface area contributed by atoms with Gasteiger partial charge in [-0.05, 0) is 31.2 Å². The molecule has 6 nitrogen and oxygen atoms in total. The van der Waals surface area contributed by atoms with E-state index >= 15 is 0 Å². The van der Waals surface area contributed by atoms with Crippen LogP contribution in [0.3, 0.4) is 0 Å². The Labute approximate surface area is 125 Å². The van der Waals surface area contributed by atoms with E-state index in [0.717, 1.165) is 10.7 Å². The summed E-state index contributed by atoms with van der Waals surface area (Å²) in [6.07, 6.45) is 4.76. The maximum Gasteiger partial charge on any atom is 0.306 e. The first-order valence-electron chi connectivity index (χ1n) is 6.65. The molecular weight excluding hydrogens is 290 g/mol. The number of carboxylic acid groups (broad SMARTS) is 1. The van der Waals surface area contributed by atoms with Gasteiger partial charge in [0, 0.05) is 12.2 Å². The highest BCUT2D eigenvalue weighted by molar-refractivity contribution is 7.98. The molecule has 1 aliphatic rings. The highest BCUT2D eigenvalue weighted by Crippen LogP contribution is 2.28. The fraction of sp³-hybridized carbons (Fsp3) is 0.357. The van der Waals surface area contributed by atoms with Gasteiger partial charge in [0.05, 0.1) is 11.4 Å². The summed E-state index contributed by atoms with van der Waals surface area (Å²) in [5.74, 6) is -1.37. The first kappa shape index (κ1) is 13.9. The topological polar surface area (TPSA) is 83.7 Å². The van der Waals surface area contributed by atoms with Crippen molar-refractivity contribution in [1.82, 2.24) is 14.7 Å². The molecule has 3 rings (SSSR count). The van der Waals surface area contributed by atoms with Gasteiger partial charge in [0.15, 0.2) is 10.9 Å². The minimum absolute atomic E-state index is 0.0724. The zero-order chi connectivity index (χ0) is 15.0. The van der Waals surface area contributed by atoms with E-state index in [1.54, 1.807) is 0 Å². The zero-order valence-electron chi connectivity index (χ0n) is 11.4. The van der Waals surface area contributed by atoms with Crippen molar-refractivity contribution in [3.05, 3.63) is 30.1 Å². The first-order valence-corrected chi connectivity index (χ1v) is 7.87. The lowest BCUT2D eigenvalue weighted by molar-refractivity contribution is -0.145. The molecule has 0 saturated heterocycles. The average molecular weight is 305 g/mol. The molecule has 0 spiro atoms. The molecule has 2 aromatic heterocycles. The van der Waals surface area contributed by atoms with Crippen molar-refractivity contribution in [2.75, 3.05) is 6.26 Å². The summed E-state index contributed by atoms with van der Waals surface area (Å²) < 4.78 is 1.88. The van der Waals surface area contributed by atoms with E-state index in [0.29, 0.717) is 18.5 Å². The quantitative estimate of drug-likeness (QED) is 0.839. The van der Waals surface area contributed by atoms with E-state index < -0.39 is 5.97 Å². The van der Waals surface area contributed by atoms with Crippen molar-refractivity contribution in [2.45, 2.75) is 24.0 Å². The number of carbonyl (C=O) groups is 2. The number of hydrogen-bond donors (Lipinski definition) is 2. The minimum atomic E-state index is -0.794. The van der Waals surface area contributed by atoms with Crippen LogP contribution in [0.2, 0.25) is 0 Å². The molecule has 2 N–H and O–H groups in total. The molecule has 0 unspecified atom stereocenters. The van der Waals surface area contributed by atoms with E-state index in [2.05, 4.69) is 10.3 Å². The fourth-order valence-corrected chi connectivity index (χ4v) is 3.05. The lowest BCUT2D eigenvalue weighted by atomic mass is 9.80. The van der Waals surface area contributed by atoms with Crippen LogP contribution in [0.5, 0.6) is 0 Å². The second-order valence-corrected chi connectivity index (χ2v) is 5.85. The standard InChI is InChI=1S/C14H15N3O3S/c1-21-14-16-11(10-4-2-3-5-17(10)14)12(18)15-9-6-8(7-9)13(19)20/h2-5,8-9H,6-7H2,1H3,(H,15,18)(H,19,20). The highest BCUT2D eigenvalue weighted by atomic mass is 32.2. The van der Waals surface area contributed by atoms with Gasteiger partial charge in [-0.15, -0.1) is 0 Å². The van der Waals surface area contributed by atoms with Crippen LogP contribution in [0.4, 0.5) is 0 Å². The molecule has 2 heterocycles. The van der Waals surface area contributed by atoms with Crippen LogP contribution in [0, 0.1) is 5.92 Å². The van der Waals surface area contributed by atoms with Crippen molar-refractivity contribution in [1.29, 1.82) is 0 Å². The van der Waals surface area contributed by atoms with Gasteiger partial charge in [0.25, 0.3) is 5.91 Å². The second kappa shape index (κ2) is 5.40. The number of nitrogens with one attached hydrogen (secondary N) is 1. The van der Waals surface area contributed by atoms with Gasteiger partial charge in [0.2, 0.25) is 0 Å². The predicted molar refractivity (Wildman–Crippen MR) is 78.6 cm³/mol. The molecule has 0 bridgehead atoms. The van der Waals surface area contributed by atoms with Crippen LogP contribution < -0.4 is 5.32 Å². The Bertz CT molecular complexity index is 707. The number of aliphatic carboxylic acids is 1. The summed E-state index contributed by atoms with van der Waals surface area (Å²) >= 11 is 1.47. The highest BCUT2D eigenvalue weighted by Gasteiger charge is 2.35. The Morgan fingerprint density at radius 1 is 1.43 bits per heavy atom. The number of hydrogen-bond acceptors (Lipinski definition) is 4. The molecule has 0 radical (unpaired) electrons. The maximum absolute atomic E-state index is 12.3. The summed E-state index contributed by atoms with van der Waals surface area (Å²) in [6, 6.07) is 5.53. The van der Waals surface area contributed by atoms with E-state index in [-0.39, 0.29) is 17.9 Å². The van der Waals surface area contributed by atoms with Crippen LogP contribution >= 0.6 is 11.8 Å². The third kappa shape index (κ3) is 2.49. The Hall–Kier alpha value is -2.02. The van der Waals surface area contributed by atoms with Crippen LogP contribution in [0.15, 0.2) is 29.6 Å². The summed E-state index contributed by atoms with van der Waals surface area (Å²) in [6.45, 7) is 0. The lowest BCUT2D eigenvalue weighted by Gasteiger charge is -2.32. The second-order valence-electron chi connectivity index (χ2n) is 5.08. The van der Waals surface area contributed by atoms with Gasteiger partial charge in [-0.3, -0.25) is 14.0 Å². The molecule has 110 valence electrons. The van der Waals surface area contributed by atoms with Crippen LogP contribution in [-0.2, 0) is 4.79 Å². The third-order valence-electron chi connectivity index (χ3n) is 3.74. The normalized spacial score (nSPS) is 21.0. The third-order valence-corrected chi connectivity index (χ3v) is 4.39. The number of nitrogens with zero attached hydrogens (tertiary/aromatic N) is 2. The Kier molecular flexibility index (Phi) is 3.59. The summed E-state index contributed by atoms with van der Waals surface area (Å²) in [5, 5.41) is 12.5. The van der Waals surface area contributed by atoms with Crippen molar-refractivity contribution >= 4 is 29.2 Å². The number of thioether (sulfide) groups is 1. The molecule has 21 heavy (non-hydrogen) atoms. The lowest BCUT2D eigenvalue weighted by Crippen LogP contribution is -2.46. The number of fused-ring (bicyclic) bond motifs is 1. The Morgan fingerprint density at radius 2 is 2.19 bits per heavy atom. The monoisotopic (exact) mass is 305 g/mol.